The van der Waals surface area contributed by atoms with Crippen molar-refractivity contribution >= 4 is 34.8 Å². The van der Waals surface area contributed by atoms with Crippen molar-refractivity contribution < 1.29 is 4.79 Å². The van der Waals surface area contributed by atoms with Crippen molar-refractivity contribution in [3.05, 3.63) is 28.2 Å². The second kappa shape index (κ2) is 7.99. The van der Waals surface area contributed by atoms with Crippen molar-refractivity contribution in [2.75, 3.05) is 31.5 Å². The zero-order chi connectivity index (χ0) is 15.2. The number of carbonyl (C=O) groups excluding carboxylic acids is 1. The Hall–Kier alpha value is -0.810. The van der Waals surface area contributed by atoms with Crippen LogP contribution in [0.5, 0.6) is 0 Å². The summed E-state index contributed by atoms with van der Waals surface area (Å²) in [6.07, 6.45) is 2.18. The van der Waals surface area contributed by atoms with Crippen LogP contribution in [0.15, 0.2) is 18.2 Å². The Bertz CT molecular complexity index is 490. The summed E-state index contributed by atoms with van der Waals surface area (Å²) in [5.41, 5.74) is 0.677. The monoisotopic (exact) mass is 329 g/mol. The first-order valence-corrected chi connectivity index (χ1v) is 8.05. The van der Waals surface area contributed by atoms with Gasteiger partial charge in [0.2, 0.25) is 5.91 Å². The molecule has 0 bridgehead atoms. The van der Waals surface area contributed by atoms with E-state index in [1.54, 1.807) is 18.2 Å². The number of benzene rings is 1. The number of anilines is 1. The van der Waals surface area contributed by atoms with Gasteiger partial charge in [-0.2, -0.15) is 0 Å². The molecule has 0 aromatic heterocycles. The van der Waals surface area contributed by atoms with Gasteiger partial charge in [0.25, 0.3) is 0 Å². The van der Waals surface area contributed by atoms with Gasteiger partial charge in [-0.1, -0.05) is 30.1 Å². The number of nitrogens with zero attached hydrogens (tertiary/aromatic N) is 1. The molecule has 1 aliphatic heterocycles. The topological polar surface area (TPSA) is 44.4 Å². The highest BCUT2D eigenvalue weighted by Crippen LogP contribution is 2.25. The third-order valence-electron chi connectivity index (χ3n) is 3.78. The van der Waals surface area contributed by atoms with Gasteiger partial charge >= 0.3 is 0 Å². The van der Waals surface area contributed by atoms with Gasteiger partial charge in [-0.3, -0.25) is 9.69 Å². The third-order valence-corrected chi connectivity index (χ3v) is 4.52. The molecule has 116 valence electrons. The van der Waals surface area contributed by atoms with Gasteiger partial charge < -0.3 is 10.6 Å². The quantitative estimate of drug-likeness (QED) is 0.872. The lowest BCUT2D eigenvalue weighted by atomic mass is 10.0. The largest absolute Gasteiger partial charge is 0.325 e. The molecule has 6 heteroatoms. The van der Waals surface area contributed by atoms with E-state index >= 15 is 0 Å². The van der Waals surface area contributed by atoms with E-state index in [4.69, 9.17) is 23.2 Å². The summed E-state index contributed by atoms with van der Waals surface area (Å²) < 4.78 is 0. The summed E-state index contributed by atoms with van der Waals surface area (Å²) in [6.45, 7) is 5.42. The molecule has 2 rings (SSSR count). The number of rotatable bonds is 5. The Kier molecular flexibility index (Phi) is 6.30. The van der Waals surface area contributed by atoms with Crippen LogP contribution >= 0.6 is 23.2 Å². The van der Waals surface area contributed by atoms with E-state index in [9.17, 15) is 4.79 Å². The number of hydrogen-bond acceptors (Lipinski definition) is 3. The van der Waals surface area contributed by atoms with Crippen LogP contribution in [0.2, 0.25) is 10.0 Å². The van der Waals surface area contributed by atoms with Crippen molar-refractivity contribution in [1.29, 1.82) is 0 Å². The van der Waals surface area contributed by atoms with Crippen molar-refractivity contribution in [2.45, 2.75) is 25.8 Å². The first-order valence-electron chi connectivity index (χ1n) is 7.30. The minimum absolute atomic E-state index is 0.0197. The second-order valence-corrected chi connectivity index (χ2v) is 6.04. The van der Waals surface area contributed by atoms with Crippen LogP contribution in [-0.4, -0.2) is 43.0 Å². The van der Waals surface area contributed by atoms with Gasteiger partial charge in [0, 0.05) is 11.7 Å². The fourth-order valence-corrected chi connectivity index (χ4v) is 2.93. The zero-order valence-corrected chi connectivity index (χ0v) is 13.7. The number of amides is 1. The maximum Gasteiger partial charge on any atom is 0.238 e. The Morgan fingerprint density at radius 3 is 2.67 bits per heavy atom. The number of hydrogen-bond donors (Lipinski definition) is 2. The van der Waals surface area contributed by atoms with E-state index < -0.39 is 0 Å². The molecule has 0 spiro atoms. The molecule has 0 aliphatic carbocycles. The van der Waals surface area contributed by atoms with E-state index in [-0.39, 0.29) is 5.91 Å². The Balaban J connectivity index is 1.91. The number of carbonyl (C=O) groups is 1. The fraction of sp³-hybridized carbons (Fsp3) is 0.533. The lowest BCUT2D eigenvalue weighted by Crippen LogP contribution is -2.46. The normalized spacial score (nSPS) is 16.2. The molecule has 1 fully saturated rings. The average Bonchev–Trinajstić information content (AvgIpc) is 2.49. The van der Waals surface area contributed by atoms with Gasteiger partial charge in [0.05, 0.1) is 16.6 Å². The number of nitrogens with one attached hydrogen (secondary N) is 2. The maximum atomic E-state index is 12.2. The lowest BCUT2D eigenvalue weighted by Gasteiger charge is -2.33. The minimum Gasteiger partial charge on any atom is -0.325 e. The zero-order valence-electron chi connectivity index (χ0n) is 12.2. The first kappa shape index (κ1) is 16.6. The van der Waals surface area contributed by atoms with E-state index in [0.29, 0.717) is 28.3 Å². The standard InChI is InChI=1S/C15H21Cl2N3O/c1-2-20(12-5-7-18-8-6-12)10-15(21)19-11-3-4-13(16)14(17)9-11/h3-4,9,12,18H,2,5-8,10H2,1H3,(H,19,21). The smallest absolute Gasteiger partial charge is 0.238 e. The van der Waals surface area contributed by atoms with Crippen molar-refractivity contribution in [1.82, 2.24) is 10.2 Å². The molecule has 0 saturated carbocycles. The van der Waals surface area contributed by atoms with E-state index in [1.807, 2.05) is 0 Å². The molecular weight excluding hydrogens is 309 g/mol. The number of piperidine rings is 1. The highest BCUT2D eigenvalue weighted by Gasteiger charge is 2.21. The molecule has 2 N–H and O–H groups in total. The van der Waals surface area contributed by atoms with Crippen LogP contribution in [0, 0.1) is 0 Å². The molecule has 1 aliphatic rings. The SMILES string of the molecule is CCN(CC(=O)Nc1ccc(Cl)c(Cl)c1)C1CCNCC1. The highest BCUT2D eigenvalue weighted by atomic mass is 35.5. The van der Waals surface area contributed by atoms with Gasteiger partial charge in [0.15, 0.2) is 0 Å². The summed E-state index contributed by atoms with van der Waals surface area (Å²) >= 11 is 11.8. The van der Waals surface area contributed by atoms with Crippen molar-refractivity contribution in [3.8, 4) is 0 Å². The molecule has 1 heterocycles. The molecule has 1 aromatic carbocycles. The van der Waals surface area contributed by atoms with Crippen LogP contribution in [0.1, 0.15) is 19.8 Å². The average molecular weight is 330 g/mol. The van der Waals surface area contributed by atoms with Crippen molar-refractivity contribution in [2.24, 2.45) is 0 Å². The summed E-state index contributed by atoms with van der Waals surface area (Å²) in [6, 6.07) is 5.59. The summed E-state index contributed by atoms with van der Waals surface area (Å²) in [5.74, 6) is -0.0197. The molecule has 0 atom stereocenters. The van der Waals surface area contributed by atoms with E-state index in [2.05, 4.69) is 22.5 Å². The van der Waals surface area contributed by atoms with E-state index in [1.165, 1.54) is 0 Å². The first-order chi connectivity index (χ1) is 10.1. The van der Waals surface area contributed by atoms with Gasteiger partial charge in [-0.05, 0) is 50.7 Å². The molecule has 21 heavy (non-hydrogen) atoms. The van der Waals surface area contributed by atoms with Crippen molar-refractivity contribution in [3.63, 3.8) is 0 Å². The van der Waals surface area contributed by atoms with Gasteiger partial charge in [0.1, 0.15) is 0 Å². The summed E-state index contributed by atoms with van der Waals surface area (Å²) in [5, 5.41) is 7.15. The van der Waals surface area contributed by atoms with Gasteiger partial charge in [-0.15, -0.1) is 0 Å². The molecular formula is C15H21Cl2N3O. The second-order valence-electron chi connectivity index (χ2n) is 5.22. The molecule has 1 aromatic rings. The van der Waals surface area contributed by atoms with Crippen LogP contribution in [0.4, 0.5) is 5.69 Å². The Morgan fingerprint density at radius 2 is 2.05 bits per heavy atom. The number of likely N-dealkylation sites (N-methyl/N-ethyl adjacent to an activating group) is 1. The van der Waals surface area contributed by atoms with Crippen LogP contribution in [0.25, 0.3) is 0 Å². The Labute approximate surface area is 135 Å². The van der Waals surface area contributed by atoms with E-state index in [0.717, 1.165) is 32.5 Å². The lowest BCUT2D eigenvalue weighted by molar-refractivity contribution is -0.118. The molecule has 0 unspecified atom stereocenters. The summed E-state index contributed by atoms with van der Waals surface area (Å²) in [4.78, 5) is 14.4. The molecule has 4 nitrogen and oxygen atoms in total. The third kappa shape index (κ3) is 4.85. The predicted molar refractivity (Wildman–Crippen MR) is 88.2 cm³/mol. The van der Waals surface area contributed by atoms with Crippen LogP contribution in [0.3, 0.4) is 0 Å². The highest BCUT2D eigenvalue weighted by molar-refractivity contribution is 6.42. The van der Waals surface area contributed by atoms with Crippen LogP contribution in [-0.2, 0) is 4.79 Å². The molecule has 1 saturated heterocycles. The number of halogens is 2. The Morgan fingerprint density at radius 1 is 1.33 bits per heavy atom. The minimum atomic E-state index is -0.0197. The van der Waals surface area contributed by atoms with Gasteiger partial charge in [-0.25, -0.2) is 0 Å². The fourth-order valence-electron chi connectivity index (χ4n) is 2.63. The molecule has 1 amide bonds. The maximum absolute atomic E-state index is 12.2. The van der Waals surface area contributed by atoms with Crippen LogP contribution < -0.4 is 10.6 Å². The predicted octanol–water partition coefficient (Wildman–Crippen LogP) is 3.01. The summed E-state index contributed by atoms with van der Waals surface area (Å²) in [7, 11) is 0. The molecule has 0 radical (unpaired) electrons.